The number of aryl methyl sites for hydroxylation is 1. The second kappa shape index (κ2) is 9.12. The van der Waals surface area contributed by atoms with E-state index in [-0.39, 0.29) is 18.0 Å². The Morgan fingerprint density at radius 2 is 1.96 bits per heavy atom. The van der Waals surface area contributed by atoms with Crippen LogP contribution in [0.5, 0.6) is 0 Å². The van der Waals surface area contributed by atoms with Gasteiger partial charge >= 0.3 is 5.97 Å². The van der Waals surface area contributed by atoms with E-state index in [1.54, 1.807) is 26.0 Å². The number of rotatable bonds is 6. The molecule has 0 spiro atoms. The molecule has 0 saturated carbocycles. The van der Waals surface area contributed by atoms with E-state index in [0.717, 1.165) is 0 Å². The van der Waals surface area contributed by atoms with Crippen molar-refractivity contribution in [2.75, 3.05) is 31.6 Å². The molecule has 27 heavy (non-hydrogen) atoms. The van der Waals surface area contributed by atoms with E-state index in [1.807, 2.05) is 0 Å². The summed E-state index contributed by atoms with van der Waals surface area (Å²) in [6.07, 6.45) is 1.70. The summed E-state index contributed by atoms with van der Waals surface area (Å²) in [5.41, 5.74) is 0.887. The highest BCUT2D eigenvalue weighted by Crippen LogP contribution is 2.24. The fraction of sp³-hybridized carbons (Fsp3) is 0.444. The number of nitrogens with one attached hydrogen (secondary N) is 1. The molecule has 0 radical (unpaired) electrons. The van der Waals surface area contributed by atoms with Crippen LogP contribution in [0, 0.1) is 6.92 Å². The first kappa shape index (κ1) is 21.1. The van der Waals surface area contributed by atoms with Crippen LogP contribution in [-0.4, -0.2) is 57.0 Å². The Morgan fingerprint density at radius 1 is 1.30 bits per heavy atom. The molecule has 1 aromatic carbocycles. The minimum atomic E-state index is -3.69. The quantitative estimate of drug-likeness (QED) is 0.577. The van der Waals surface area contributed by atoms with Gasteiger partial charge in [-0.25, -0.2) is 13.2 Å². The number of sulfonamides is 1. The number of allylic oxidation sites excluding steroid dienone is 1. The number of benzene rings is 1. The van der Waals surface area contributed by atoms with Crippen molar-refractivity contribution in [2.24, 2.45) is 0 Å². The van der Waals surface area contributed by atoms with Crippen LogP contribution in [0.1, 0.15) is 19.4 Å². The Kier molecular flexibility index (Phi) is 7.11. The molecule has 148 valence electrons. The van der Waals surface area contributed by atoms with E-state index >= 15 is 0 Å². The average molecular weight is 396 g/mol. The lowest BCUT2D eigenvalue weighted by Crippen LogP contribution is -2.40. The van der Waals surface area contributed by atoms with Crippen LogP contribution in [0.4, 0.5) is 5.69 Å². The standard InChI is InChI=1S/C18H24N2O6S/c1-4-5-17(21)26-14(3)18(22)19-15-7-6-13(2)16(12-15)27(23,24)20-8-10-25-11-9-20/h4-7,12,14H,8-11H2,1-3H3,(H,19,22)/b5-4+/t14-/m1/s1. The zero-order valence-electron chi connectivity index (χ0n) is 15.6. The predicted molar refractivity (Wildman–Crippen MR) is 99.8 cm³/mol. The monoisotopic (exact) mass is 396 g/mol. The summed E-state index contributed by atoms with van der Waals surface area (Å²) >= 11 is 0. The van der Waals surface area contributed by atoms with Crippen LogP contribution < -0.4 is 5.32 Å². The molecule has 1 N–H and O–H groups in total. The smallest absolute Gasteiger partial charge is 0.331 e. The van der Waals surface area contributed by atoms with E-state index in [0.29, 0.717) is 24.5 Å². The maximum Gasteiger partial charge on any atom is 0.331 e. The third-order valence-electron chi connectivity index (χ3n) is 4.01. The van der Waals surface area contributed by atoms with Gasteiger partial charge in [0.1, 0.15) is 0 Å². The molecule has 1 aromatic rings. The third-order valence-corrected chi connectivity index (χ3v) is 6.05. The first-order valence-electron chi connectivity index (χ1n) is 8.58. The number of esters is 1. The number of nitrogens with zero attached hydrogens (tertiary/aromatic N) is 1. The zero-order valence-corrected chi connectivity index (χ0v) is 16.4. The lowest BCUT2D eigenvalue weighted by Gasteiger charge is -2.27. The van der Waals surface area contributed by atoms with Crippen molar-refractivity contribution >= 4 is 27.6 Å². The van der Waals surface area contributed by atoms with Crippen molar-refractivity contribution in [3.05, 3.63) is 35.9 Å². The molecule has 9 heteroatoms. The molecule has 0 aliphatic carbocycles. The molecule has 8 nitrogen and oxygen atoms in total. The zero-order chi connectivity index (χ0) is 20.0. The van der Waals surface area contributed by atoms with Gasteiger partial charge in [-0.15, -0.1) is 0 Å². The second-order valence-corrected chi connectivity index (χ2v) is 7.97. The summed E-state index contributed by atoms with van der Waals surface area (Å²) in [6, 6.07) is 4.64. The van der Waals surface area contributed by atoms with Gasteiger partial charge in [-0.3, -0.25) is 4.79 Å². The number of amides is 1. The molecular weight excluding hydrogens is 372 g/mol. The Balaban J connectivity index is 2.17. The number of carbonyl (C=O) groups excluding carboxylic acids is 2. The summed E-state index contributed by atoms with van der Waals surface area (Å²) in [6.45, 7) is 6.08. The molecule has 1 aliphatic heterocycles. The molecule has 2 rings (SSSR count). The van der Waals surface area contributed by atoms with E-state index < -0.39 is 28.0 Å². The van der Waals surface area contributed by atoms with Crippen LogP contribution in [0.3, 0.4) is 0 Å². The van der Waals surface area contributed by atoms with E-state index in [9.17, 15) is 18.0 Å². The molecule has 1 heterocycles. The summed E-state index contributed by atoms with van der Waals surface area (Å²) in [5, 5.41) is 2.58. The number of hydrogen-bond acceptors (Lipinski definition) is 6. The van der Waals surface area contributed by atoms with Crippen LogP contribution in [0.2, 0.25) is 0 Å². The number of hydrogen-bond donors (Lipinski definition) is 1. The van der Waals surface area contributed by atoms with Crippen LogP contribution in [-0.2, 0) is 29.1 Å². The topological polar surface area (TPSA) is 102 Å². The molecule has 1 aliphatic rings. The molecule has 0 aromatic heterocycles. The summed E-state index contributed by atoms with van der Waals surface area (Å²) in [7, 11) is -3.69. The maximum absolute atomic E-state index is 12.9. The molecule has 1 fully saturated rings. The SMILES string of the molecule is C/C=C/C(=O)O[C@H](C)C(=O)Nc1ccc(C)c(S(=O)(=O)N2CCOCC2)c1. The Bertz CT molecular complexity index is 828. The minimum Gasteiger partial charge on any atom is -0.449 e. The van der Waals surface area contributed by atoms with Crippen molar-refractivity contribution in [3.63, 3.8) is 0 Å². The van der Waals surface area contributed by atoms with Gasteiger partial charge in [0, 0.05) is 24.9 Å². The van der Waals surface area contributed by atoms with Crippen molar-refractivity contribution < 1.29 is 27.5 Å². The second-order valence-electron chi connectivity index (χ2n) is 6.07. The lowest BCUT2D eigenvalue weighted by molar-refractivity contribution is -0.148. The molecule has 1 amide bonds. The predicted octanol–water partition coefficient (Wildman–Crippen LogP) is 1.46. The van der Waals surface area contributed by atoms with Gasteiger partial charge in [0.15, 0.2) is 6.10 Å². The van der Waals surface area contributed by atoms with Crippen molar-refractivity contribution in [1.29, 1.82) is 0 Å². The normalized spacial score (nSPS) is 16.9. The molecule has 0 unspecified atom stereocenters. The lowest BCUT2D eigenvalue weighted by atomic mass is 10.2. The van der Waals surface area contributed by atoms with Gasteiger partial charge in [-0.2, -0.15) is 4.31 Å². The Morgan fingerprint density at radius 3 is 2.59 bits per heavy atom. The van der Waals surface area contributed by atoms with Gasteiger partial charge in [0.2, 0.25) is 10.0 Å². The Labute approximate surface area is 159 Å². The number of anilines is 1. The summed E-state index contributed by atoms with van der Waals surface area (Å²) in [4.78, 5) is 23.8. The fourth-order valence-electron chi connectivity index (χ4n) is 2.53. The highest BCUT2D eigenvalue weighted by atomic mass is 32.2. The first-order chi connectivity index (χ1) is 12.8. The number of carbonyl (C=O) groups is 2. The molecule has 1 atom stereocenters. The summed E-state index contributed by atoms with van der Waals surface area (Å²) < 4.78 is 37.3. The number of ether oxygens (including phenoxy) is 2. The van der Waals surface area contributed by atoms with E-state index in [2.05, 4.69) is 5.32 Å². The molecular formula is C18H24N2O6S. The van der Waals surface area contributed by atoms with Gasteiger partial charge in [-0.05, 0) is 38.5 Å². The van der Waals surface area contributed by atoms with Crippen molar-refractivity contribution in [1.82, 2.24) is 4.31 Å². The van der Waals surface area contributed by atoms with E-state index in [4.69, 9.17) is 9.47 Å². The van der Waals surface area contributed by atoms with Crippen molar-refractivity contribution in [2.45, 2.75) is 31.8 Å². The van der Waals surface area contributed by atoms with Crippen molar-refractivity contribution in [3.8, 4) is 0 Å². The highest BCUT2D eigenvalue weighted by molar-refractivity contribution is 7.89. The average Bonchev–Trinajstić information content (AvgIpc) is 2.64. The van der Waals surface area contributed by atoms with Gasteiger partial charge in [-0.1, -0.05) is 12.1 Å². The highest BCUT2D eigenvalue weighted by Gasteiger charge is 2.28. The number of morpholine rings is 1. The molecule has 1 saturated heterocycles. The fourth-order valence-corrected chi connectivity index (χ4v) is 4.19. The van der Waals surface area contributed by atoms with Gasteiger partial charge in [0.05, 0.1) is 18.1 Å². The minimum absolute atomic E-state index is 0.126. The largest absolute Gasteiger partial charge is 0.449 e. The van der Waals surface area contributed by atoms with Gasteiger partial charge in [0.25, 0.3) is 5.91 Å². The van der Waals surface area contributed by atoms with Crippen LogP contribution >= 0.6 is 0 Å². The van der Waals surface area contributed by atoms with Gasteiger partial charge < -0.3 is 14.8 Å². The Hall–Kier alpha value is -2.23. The maximum atomic E-state index is 12.9. The summed E-state index contributed by atoms with van der Waals surface area (Å²) in [5.74, 6) is -1.17. The first-order valence-corrected chi connectivity index (χ1v) is 10.0. The van der Waals surface area contributed by atoms with Crippen LogP contribution in [0.15, 0.2) is 35.2 Å². The third kappa shape index (κ3) is 5.38. The van der Waals surface area contributed by atoms with Crippen LogP contribution in [0.25, 0.3) is 0 Å². The van der Waals surface area contributed by atoms with E-state index in [1.165, 1.54) is 29.4 Å². The molecule has 0 bridgehead atoms.